The van der Waals surface area contributed by atoms with Crippen LogP contribution >= 0.6 is 0 Å². The van der Waals surface area contributed by atoms with Gasteiger partial charge in [-0.05, 0) is 43.2 Å². The van der Waals surface area contributed by atoms with E-state index in [0.717, 1.165) is 12.8 Å². The fourth-order valence-corrected chi connectivity index (χ4v) is 4.73. The van der Waals surface area contributed by atoms with Crippen molar-refractivity contribution in [2.45, 2.75) is 17.7 Å². The van der Waals surface area contributed by atoms with Crippen molar-refractivity contribution < 1.29 is 31.9 Å². The fourth-order valence-electron chi connectivity index (χ4n) is 3.03. The first-order chi connectivity index (χ1) is 14.8. The van der Waals surface area contributed by atoms with Gasteiger partial charge in [0.1, 0.15) is 10.6 Å². The van der Waals surface area contributed by atoms with Crippen molar-refractivity contribution in [1.82, 2.24) is 15.2 Å². The smallest absolute Gasteiger partial charge is 0.276 e. The third kappa shape index (κ3) is 5.30. The summed E-state index contributed by atoms with van der Waals surface area (Å²) in [5, 5.41) is 0. The van der Waals surface area contributed by atoms with Crippen LogP contribution in [0, 0.1) is 5.82 Å². The van der Waals surface area contributed by atoms with Gasteiger partial charge in [0.05, 0.1) is 7.11 Å². The van der Waals surface area contributed by atoms with E-state index in [9.17, 15) is 22.4 Å². The second-order valence-electron chi connectivity index (χ2n) is 6.70. The number of hydrogen-bond acceptors (Lipinski definition) is 6. The largest absolute Gasteiger partial charge is 0.495 e. The number of para-hydroxylation sites is 1. The second kappa shape index (κ2) is 9.75. The van der Waals surface area contributed by atoms with Crippen LogP contribution in [-0.4, -0.2) is 51.3 Å². The van der Waals surface area contributed by atoms with E-state index >= 15 is 0 Å². The number of hydrazine groups is 1. The van der Waals surface area contributed by atoms with E-state index < -0.39 is 34.3 Å². The van der Waals surface area contributed by atoms with E-state index in [1.807, 2.05) is 0 Å². The van der Waals surface area contributed by atoms with E-state index in [-0.39, 0.29) is 22.0 Å². The van der Waals surface area contributed by atoms with Crippen LogP contribution in [0.25, 0.3) is 0 Å². The Hall–Kier alpha value is -3.18. The van der Waals surface area contributed by atoms with E-state index in [1.165, 1.54) is 47.8 Å². The Labute approximate surface area is 179 Å². The molecule has 1 saturated heterocycles. The molecule has 1 aliphatic rings. The molecule has 2 N–H and O–H groups in total. The van der Waals surface area contributed by atoms with Crippen LogP contribution in [0.2, 0.25) is 0 Å². The molecule has 0 unspecified atom stereocenters. The van der Waals surface area contributed by atoms with E-state index in [1.54, 1.807) is 6.07 Å². The molecule has 3 rings (SSSR count). The van der Waals surface area contributed by atoms with Crippen molar-refractivity contribution in [2.75, 3.05) is 26.8 Å². The molecule has 0 bridgehead atoms. The molecule has 9 nitrogen and oxygen atoms in total. The van der Waals surface area contributed by atoms with Crippen LogP contribution in [0.4, 0.5) is 4.39 Å². The number of methoxy groups -OCH3 is 1. The highest BCUT2D eigenvalue weighted by atomic mass is 32.2. The van der Waals surface area contributed by atoms with Crippen LogP contribution in [0.1, 0.15) is 23.2 Å². The summed E-state index contributed by atoms with van der Waals surface area (Å²) in [5.74, 6) is -2.07. The summed E-state index contributed by atoms with van der Waals surface area (Å²) in [6.07, 6.45) is 1.53. The highest BCUT2D eigenvalue weighted by Crippen LogP contribution is 2.29. The minimum absolute atomic E-state index is 0.00824. The van der Waals surface area contributed by atoms with E-state index in [4.69, 9.17) is 9.47 Å². The molecule has 166 valence electrons. The van der Waals surface area contributed by atoms with Gasteiger partial charge in [-0.3, -0.25) is 20.4 Å². The van der Waals surface area contributed by atoms with Gasteiger partial charge in [0, 0.05) is 18.7 Å². The van der Waals surface area contributed by atoms with Crippen molar-refractivity contribution in [3.8, 4) is 11.5 Å². The van der Waals surface area contributed by atoms with Crippen molar-refractivity contribution in [1.29, 1.82) is 0 Å². The second-order valence-corrected chi connectivity index (χ2v) is 8.60. The maximum Gasteiger partial charge on any atom is 0.276 e. The number of carbonyl (C=O) groups is 2. The highest BCUT2D eigenvalue weighted by Gasteiger charge is 2.30. The third-order valence-electron chi connectivity index (χ3n) is 4.62. The number of nitrogens with one attached hydrogen (secondary N) is 2. The predicted octanol–water partition coefficient (Wildman–Crippen LogP) is 1.46. The van der Waals surface area contributed by atoms with E-state index in [0.29, 0.717) is 13.1 Å². The van der Waals surface area contributed by atoms with Gasteiger partial charge in [-0.15, -0.1) is 0 Å². The lowest BCUT2D eigenvalue weighted by Gasteiger charge is -2.18. The molecule has 1 fully saturated rings. The van der Waals surface area contributed by atoms with Crippen molar-refractivity contribution >= 4 is 21.8 Å². The molecular formula is C20H22FN3O6S. The molecule has 0 aliphatic carbocycles. The van der Waals surface area contributed by atoms with Gasteiger partial charge in [0.2, 0.25) is 10.0 Å². The van der Waals surface area contributed by atoms with Gasteiger partial charge in [-0.25, -0.2) is 12.8 Å². The summed E-state index contributed by atoms with van der Waals surface area (Å²) in [6, 6.07) is 9.53. The summed E-state index contributed by atoms with van der Waals surface area (Å²) < 4.78 is 50.8. The Morgan fingerprint density at radius 2 is 1.77 bits per heavy atom. The number of halogens is 1. The Morgan fingerprint density at radius 1 is 1.06 bits per heavy atom. The predicted molar refractivity (Wildman–Crippen MR) is 108 cm³/mol. The first kappa shape index (κ1) is 22.5. The first-order valence-electron chi connectivity index (χ1n) is 9.47. The standard InChI is InChI=1S/C20H22FN3O6S/c1-29-17-9-8-14(12-18(17)31(27,28)24-10-4-5-11-24)20(26)23-22-19(25)13-30-16-7-3-2-6-15(16)21/h2-3,6-9,12H,4-5,10-11,13H2,1H3,(H,22,25)(H,23,26). The zero-order chi connectivity index (χ0) is 22.4. The average molecular weight is 451 g/mol. The van der Waals surface area contributed by atoms with E-state index in [2.05, 4.69) is 10.9 Å². The molecule has 31 heavy (non-hydrogen) atoms. The number of sulfonamides is 1. The van der Waals surface area contributed by atoms with Gasteiger partial charge in [-0.1, -0.05) is 12.1 Å². The van der Waals surface area contributed by atoms with Crippen molar-refractivity contribution in [3.63, 3.8) is 0 Å². The van der Waals surface area contributed by atoms with Gasteiger partial charge < -0.3 is 9.47 Å². The highest BCUT2D eigenvalue weighted by molar-refractivity contribution is 7.89. The summed E-state index contributed by atoms with van der Waals surface area (Å²) in [6.45, 7) is 0.276. The molecule has 0 saturated carbocycles. The van der Waals surface area contributed by atoms with Crippen LogP contribution in [0.15, 0.2) is 47.4 Å². The lowest BCUT2D eigenvalue weighted by Crippen LogP contribution is -2.43. The summed E-state index contributed by atoms with van der Waals surface area (Å²) in [7, 11) is -2.49. The number of hydrogen-bond donors (Lipinski definition) is 2. The topological polar surface area (TPSA) is 114 Å². The Kier molecular flexibility index (Phi) is 7.08. The Balaban J connectivity index is 1.65. The maximum atomic E-state index is 13.5. The monoisotopic (exact) mass is 451 g/mol. The quantitative estimate of drug-likeness (QED) is 0.616. The maximum absolute atomic E-state index is 13.5. The molecule has 0 aromatic heterocycles. The average Bonchev–Trinajstić information content (AvgIpc) is 3.32. The third-order valence-corrected chi connectivity index (χ3v) is 6.54. The number of nitrogens with zero attached hydrogens (tertiary/aromatic N) is 1. The van der Waals surface area contributed by atoms with Gasteiger partial charge in [0.25, 0.3) is 11.8 Å². The van der Waals surface area contributed by atoms with Crippen LogP contribution in [-0.2, 0) is 14.8 Å². The number of amides is 2. The summed E-state index contributed by atoms with van der Waals surface area (Å²) in [4.78, 5) is 24.1. The SMILES string of the molecule is COc1ccc(C(=O)NNC(=O)COc2ccccc2F)cc1S(=O)(=O)N1CCCC1. The Bertz CT molecular complexity index is 1070. The van der Waals surface area contributed by atoms with Gasteiger partial charge >= 0.3 is 0 Å². The summed E-state index contributed by atoms with van der Waals surface area (Å²) in [5.41, 5.74) is 4.32. The van der Waals surface area contributed by atoms with Crippen molar-refractivity contribution in [3.05, 3.63) is 53.8 Å². The first-order valence-corrected chi connectivity index (χ1v) is 10.9. The minimum atomic E-state index is -3.83. The number of carbonyl (C=O) groups excluding carboxylic acids is 2. The lowest BCUT2D eigenvalue weighted by atomic mass is 10.2. The lowest BCUT2D eigenvalue weighted by molar-refractivity contribution is -0.123. The number of rotatable bonds is 7. The van der Waals surface area contributed by atoms with Crippen LogP contribution in [0.5, 0.6) is 11.5 Å². The summed E-state index contributed by atoms with van der Waals surface area (Å²) >= 11 is 0. The molecule has 2 aromatic rings. The zero-order valence-electron chi connectivity index (χ0n) is 16.8. The van der Waals surface area contributed by atoms with Gasteiger partial charge in [-0.2, -0.15) is 4.31 Å². The fraction of sp³-hybridized carbons (Fsp3) is 0.300. The molecule has 0 atom stereocenters. The normalized spacial score (nSPS) is 14.1. The molecule has 0 radical (unpaired) electrons. The molecule has 0 spiro atoms. The van der Waals surface area contributed by atoms with Crippen LogP contribution < -0.4 is 20.3 Å². The zero-order valence-corrected chi connectivity index (χ0v) is 17.6. The van der Waals surface area contributed by atoms with Crippen molar-refractivity contribution in [2.24, 2.45) is 0 Å². The van der Waals surface area contributed by atoms with Gasteiger partial charge in [0.15, 0.2) is 18.2 Å². The molecule has 2 aromatic carbocycles. The number of benzene rings is 2. The minimum Gasteiger partial charge on any atom is -0.495 e. The number of ether oxygens (including phenoxy) is 2. The molecule has 1 heterocycles. The Morgan fingerprint density at radius 3 is 2.45 bits per heavy atom. The molecule has 2 amide bonds. The molecule has 1 aliphatic heterocycles. The molecule has 11 heteroatoms. The van der Waals surface area contributed by atoms with Crippen LogP contribution in [0.3, 0.4) is 0 Å². The molecular weight excluding hydrogens is 429 g/mol.